The first-order valence-corrected chi connectivity index (χ1v) is 8.73. The van der Waals surface area contributed by atoms with Gasteiger partial charge in [-0.3, -0.25) is 9.78 Å². The van der Waals surface area contributed by atoms with Gasteiger partial charge in [-0.25, -0.2) is 0 Å². The van der Waals surface area contributed by atoms with Crippen molar-refractivity contribution in [3.8, 4) is 0 Å². The predicted molar refractivity (Wildman–Crippen MR) is 81.5 cm³/mol. The van der Waals surface area contributed by atoms with Crippen molar-refractivity contribution in [2.75, 3.05) is 6.26 Å². The van der Waals surface area contributed by atoms with Gasteiger partial charge in [0.05, 0.1) is 5.56 Å². The van der Waals surface area contributed by atoms with Gasteiger partial charge in [0.15, 0.2) is 0 Å². The zero-order valence-electron chi connectivity index (χ0n) is 10.9. The standard InChI is InChI=1S/C14H17BrN2OS/c1-19-13-5-11-2-3-12(6-13)17(11)14(18)9-4-10(15)8-16-7-9/h4,7-8,11-13H,2-3,5-6H2,1H3/t11-,12+,13?. The third kappa shape index (κ3) is 2.55. The topological polar surface area (TPSA) is 33.2 Å². The molecule has 1 aromatic heterocycles. The largest absolute Gasteiger partial charge is 0.333 e. The summed E-state index contributed by atoms with van der Waals surface area (Å²) in [4.78, 5) is 18.9. The monoisotopic (exact) mass is 340 g/mol. The van der Waals surface area contributed by atoms with Gasteiger partial charge in [-0.15, -0.1) is 0 Å². The summed E-state index contributed by atoms with van der Waals surface area (Å²) < 4.78 is 0.865. The molecule has 3 heterocycles. The predicted octanol–water partition coefficient (Wildman–Crippen LogP) is 3.34. The quantitative estimate of drug-likeness (QED) is 0.827. The van der Waals surface area contributed by atoms with Crippen LogP contribution in [0.15, 0.2) is 22.9 Å². The number of fused-ring (bicyclic) bond motifs is 2. The van der Waals surface area contributed by atoms with Crippen molar-refractivity contribution >= 4 is 33.6 Å². The van der Waals surface area contributed by atoms with Crippen molar-refractivity contribution in [2.24, 2.45) is 0 Å². The van der Waals surface area contributed by atoms with Gasteiger partial charge >= 0.3 is 0 Å². The maximum Gasteiger partial charge on any atom is 0.255 e. The van der Waals surface area contributed by atoms with E-state index in [0.29, 0.717) is 17.6 Å². The molecule has 1 amide bonds. The zero-order chi connectivity index (χ0) is 13.4. The molecule has 5 heteroatoms. The Labute approximate surface area is 126 Å². The highest BCUT2D eigenvalue weighted by Gasteiger charge is 2.43. The molecule has 2 fully saturated rings. The van der Waals surface area contributed by atoms with E-state index in [1.165, 1.54) is 0 Å². The van der Waals surface area contributed by atoms with Gasteiger partial charge in [-0.2, -0.15) is 11.8 Å². The normalized spacial score (nSPS) is 29.6. The van der Waals surface area contributed by atoms with E-state index in [1.54, 1.807) is 12.4 Å². The Morgan fingerprint density at radius 1 is 1.37 bits per heavy atom. The molecular weight excluding hydrogens is 324 g/mol. The molecular formula is C14H17BrN2OS. The van der Waals surface area contributed by atoms with Gasteiger partial charge in [0, 0.05) is 34.2 Å². The fourth-order valence-corrected chi connectivity index (χ4v) is 4.52. The molecule has 0 aliphatic carbocycles. The van der Waals surface area contributed by atoms with Crippen molar-refractivity contribution in [1.82, 2.24) is 9.88 Å². The van der Waals surface area contributed by atoms with Crippen LogP contribution in [0, 0.1) is 0 Å². The second kappa shape index (κ2) is 5.44. The average Bonchev–Trinajstić information content (AvgIpc) is 2.68. The summed E-state index contributed by atoms with van der Waals surface area (Å²) >= 11 is 5.33. The summed E-state index contributed by atoms with van der Waals surface area (Å²) in [5.74, 6) is 0.154. The number of aromatic nitrogens is 1. The third-order valence-electron chi connectivity index (χ3n) is 4.21. The molecule has 3 atom stereocenters. The summed E-state index contributed by atoms with van der Waals surface area (Å²) in [7, 11) is 0. The van der Waals surface area contributed by atoms with Gasteiger partial charge in [-0.05, 0) is 53.9 Å². The molecule has 0 N–H and O–H groups in total. The maximum atomic E-state index is 12.7. The van der Waals surface area contributed by atoms with E-state index >= 15 is 0 Å². The number of piperidine rings is 1. The van der Waals surface area contributed by atoms with Gasteiger partial charge < -0.3 is 4.90 Å². The van der Waals surface area contributed by atoms with Gasteiger partial charge in [0.25, 0.3) is 5.91 Å². The highest BCUT2D eigenvalue weighted by atomic mass is 79.9. The first-order valence-electron chi connectivity index (χ1n) is 6.65. The molecule has 2 aliphatic rings. The number of pyridine rings is 1. The fourth-order valence-electron chi connectivity index (χ4n) is 3.33. The number of amides is 1. The lowest BCUT2D eigenvalue weighted by Crippen LogP contribution is -2.47. The van der Waals surface area contributed by atoms with E-state index in [2.05, 4.69) is 32.1 Å². The van der Waals surface area contributed by atoms with Crippen LogP contribution in [0.25, 0.3) is 0 Å². The number of thioether (sulfide) groups is 1. The number of rotatable bonds is 2. The molecule has 19 heavy (non-hydrogen) atoms. The summed E-state index contributed by atoms with van der Waals surface area (Å²) in [5.41, 5.74) is 0.703. The second-order valence-corrected chi connectivity index (χ2v) is 7.37. The van der Waals surface area contributed by atoms with Crippen LogP contribution >= 0.6 is 27.7 Å². The first kappa shape index (κ1) is 13.4. The molecule has 0 saturated carbocycles. The lowest BCUT2D eigenvalue weighted by molar-refractivity contribution is 0.0601. The number of carbonyl (C=O) groups excluding carboxylic acids is 1. The molecule has 2 bridgehead atoms. The van der Waals surface area contributed by atoms with Gasteiger partial charge in [-0.1, -0.05) is 0 Å². The average molecular weight is 341 g/mol. The summed E-state index contributed by atoms with van der Waals surface area (Å²) in [5, 5.41) is 0.724. The van der Waals surface area contributed by atoms with E-state index in [1.807, 2.05) is 17.8 Å². The molecule has 0 radical (unpaired) electrons. The Hall–Kier alpha value is -0.550. The van der Waals surface area contributed by atoms with Crippen LogP contribution in [-0.4, -0.2) is 39.4 Å². The molecule has 3 rings (SSSR count). The fraction of sp³-hybridized carbons (Fsp3) is 0.571. The van der Waals surface area contributed by atoms with E-state index < -0.39 is 0 Å². The van der Waals surface area contributed by atoms with Crippen LogP contribution in [0.5, 0.6) is 0 Å². The Morgan fingerprint density at radius 2 is 2.05 bits per heavy atom. The summed E-state index contributed by atoms with van der Waals surface area (Å²) in [6.45, 7) is 0. The lowest BCUT2D eigenvalue weighted by Gasteiger charge is -2.38. The smallest absolute Gasteiger partial charge is 0.255 e. The summed E-state index contributed by atoms with van der Waals surface area (Å²) in [6, 6.07) is 2.74. The van der Waals surface area contributed by atoms with Crippen LogP contribution in [0.2, 0.25) is 0 Å². The molecule has 1 unspecified atom stereocenters. The number of hydrogen-bond donors (Lipinski definition) is 0. The zero-order valence-corrected chi connectivity index (χ0v) is 13.3. The Bertz CT molecular complexity index is 482. The molecule has 0 spiro atoms. The van der Waals surface area contributed by atoms with Gasteiger partial charge in [0.2, 0.25) is 0 Å². The minimum Gasteiger partial charge on any atom is -0.333 e. The highest BCUT2D eigenvalue weighted by molar-refractivity contribution is 9.10. The van der Waals surface area contributed by atoms with Crippen LogP contribution in [-0.2, 0) is 0 Å². The highest BCUT2D eigenvalue weighted by Crippen LogP contribution is 2.40. The minimum absolute atomic E-state index is 0.154. The van der Waals surface area contributed by atoms with Crippen LogP contribution < -0.4 is 0 Å². The lowest BCUT2D eigenvalue weighted by atomic mass is 10.0. The Kier molecular flexibility index (Phi) is 3.85. The van der Waals surface area contributed by atoms with Crippen molar-refractivity contribution < 1.29 is 4.79 Å². The maximum absolute atomic E-state index is 12.7. The second-order valence-electron chi connectivity index (χ2n) is 5.32. The van der Waals surface area contributed by atoms with Gasteiger partial charge in [0.1, 0.15) is 0 Å². The molecule has 2 saturated heterocycles. The van der Waals surface area contributed by atoms with Crippen molar-refractivity contribution in [3.05, 3.63) is 28.5 Å². The van der Waals surface area contributed by atoms with E-state index in [0.717, 1.165) is 35.4 Å². The number of carbonyl (C=O) groups is 1. The van der Waals surface area contributed by atoms with Crippen molar-refractivity contribution in [2.45, 2.75) is 43.0 Å². The van der Waals surface area contributed by atoms with E-state index in [9.17, 15) is 4.79 Å². The van der Waals surface area contributed by atoms with Crippen LogP contribution in [0.1, 0.15) is 36.0 Å². The molecule has 0 aromatic carbocycles. The molecule has 3 nitrogen and oxygen atoms in total. The van der Waals surface area contributed by atoms with Crippen LogP contribution in [0.4, 0.5) is 0 Å². The van der Waals surface area contributed by atoms with E-state index in [4.69, 9.17) is 0 Å². The number of hydrogen-bond acceptors (Lipinski definition) is 3. The van der Waals surface area contributed by atoms with Crippen molar-refractivity contribution in [3.63, 3.8) is 0 Å². The van der Waals surface area contributed by atoms with Crippen LogP contribution in [0.3, 0.4) is 0 Å². The Balaban J connectivity index is 1.82. The Morgan fingerprint density at radius 3 is 2.63 bits per heavy atom. The minimum atomic E-state index is 0.154. The number of halogens is 1. The molecule has 2 aliphatic heterocycles. The first-order chi connectivity index (χ1) is 9.19. The summed E-state index contributed by atoms with van der Waals surface area (Å²) in [6.07, 6.45) is 10.2. The number of nitrogens with zero attached hydrogens (tertiary/aromatic N) is 2. The van der Waals surface area contributed by atoms with Crippen molar-refractivity contribution in [1.29, 1.82) is 0 Å². The SMILES string of the molecule is CSC1C[C@H]2CC[C@@H](C1)N2C(=O)c1cncc(Br)c1. The third-order valence-corrected chi connectivity index (χ3v) is 5.69. The van der Waals surface area contributed by atoms with E-state index in [-0.39, 0.29) is 5.91 Å². The molecule has 102 valence electrons. The molecule has 1 aromatic rings.